The van der Waals surface area contributed by atoms with Crippen LogP contribution in [0.4, 0.5) is 14.5 Å². The Morgan fingerprint density at radius 3 is 2.43 bits per heavy atom. The Hall–Kier alpha value is -1.56. The van der Waals surface area contributed by atoms with E-state index in [1.54, 1.807) is 12.1 Å². The molecule has 1 aromatic rings. The van der Waals surface area contributed by atoms with E-state index >= 15 is 0 Å². The van der Waals surface area contributed by atoms with Gasteiger partial charge < -0.3 is 19.9 Å². The fraction of sp³-hybridized carbons (Fsp3) is 0.600. The number of aliphatic hydroxyl groups excluding tert-OH is 1. The second-order valence-corrected chi connectivity index (χ2v) is 4.96. The van der Waals surface area contributed by atoms with Crippen LogP contribution < -0.4 is 14.8 Å². The molecule has 0 heterocycles. The number of hydrogen-bond acceptors (Lipinski definition) is 4. The molecule has 0 spiro atoms. The van der Waals surface area contributed by atoms with E-state index in [1.807, 2.05) is 13.8 Å². The largest absolute Gasteiger partial charge is 0.497 e. The molecule has 0 aliphatic heterocycles. The predicted molar refractivity (Wildman–Crippen MR) is 78.2 cm³/mol. The van der Waals surface area contributed by atoms with Crippen molar-refractivity contribution in [1.29, 1.82) is 0 Å². The maximum Gasteiger partial charge on any atom is 0.387 e. The van der Waals surface area contributed by atoms with Crippen LogP contribution in [-0.2, 0) is 0 Å². The molecule has 0 fully saturated rings. The summed E-state index contributed by atoms with van der Waals surface area (Å²) in [6, 6.07) is 4.60. The summed E-state index contributed by atoms with van der Waals surface area (Å²) in [4.78, 5) is 0. The number of halogens is 2. The topological polar surface area (TPSA) is 50.7 Å². The minimum absolute atomic E-state index is 0.0298. The lowest BCUT2D eigenvalue weighted by Crippen LogP contribution is -2.32. The third-order valence-electron chi connectivity index (χ3n) is 3.89. The van der Waals surface area contributed by atoms with Gasteiger partial charge >= 0.3 is 6.61 Å². The molecule has 0 radical (unpaired) electrons. The highest BCUT2D eigenvalue weighted by atomic mass is 19.3. The van der Waals surface area contributed by atoms with Gasteiger partial charge in [0.15, 0.2) is 0 Å². The van der Waals surface area contributed by atoms with Crippen molar-refractivity contribution < 1.29 is 23.4 Å². The molecule has 4 nitrogen and oxygen atoms in total. The molecule has 0 saturated carbocycles. The second-order valence-electron chi connectivity index (χ2n) is 4.96. The van der Waals surface area contributed by atoms with Gasteiger partial charge in [0.2, 0.25) is 0 Å². The first kappa shape index (κ1) is 17.5. The SMILES string of the molecule is CCC(CC)(CO)CNc1cc(OC)ccc1OC(F)F. The van der Waals surface area contributed by atoms with Gasteiger partial charge in [0, 0.05) is 18.0 Å². The third-order valence-corrected chi connectivity index (χ3v) is 3.89. The van der Waals surface area contributed by atoms with Crippen molar-refractivity contribution in [2.24, 2.45) is 5.41 Å². The van der Waals surface area contributed by atoms with Gasteiger partial charge in [-0.05, 0) is 25.0 Å². The zero-order valence-corrected chi connectivity index (χ0v) is 12.7. The molecule has 2 N–H and O–H groups in total. The Morgan fingerprint density at radius 2 is 1.95 bits per heavy atom. The smallest absolute Gasteiger partial charge is 0.387 e. The summed E-state index contributed by atoms with van der Waals surface area (Å²) in [6.45, 7) is 1.58. The Balaban J connectivity index is 2.93. The average Bonchev–Trinajstić information content (AvgIpc) is 2.50. The van der Waals surface area contributed by atoms with Crippen LogP contribution >= 0.6 is 0 Å². The number of aliphatic hydroxyl groups is 1. The summed E-state index contributed by atoms with van der Waals surface area (Å²) in [7, 11) is 1.50. The molecule has 0 unspecified atom stereocenters. The number of ether oxygens (including phenoxy) is 2. The van der Waals surface area contributed by atoms with Gasteiger partial charge in [0.25, 0.3) is 0 Å². The summed E-state index contributed by atoms with van der Waals surface area (Å²) in [6.07, 6.45) is 1.56. The summed E-state index contributed by atoms with van der Waals surface area (Å²) in [5.41, 5.74) is 0.139. The fourth-order valence-corrected chi connectivity index (χ4v) is 2.04. The molecule has 0 amide bonds. The van der Waals surface area contributed by atoms with Crippen molar-refractivity contribution in [3.05, 3.63) is 18.2 Å². The highest BCUT2D eigenvalue weighted by Crippen LogP contribution is 2.33. The average molecular weight is 303 g/mol. The Morgan fingerprint density at radius 1 is 1.29 bits per heavy atom. The van der Waals surface area contributed by atoms with Crippen molar-refractivity contribution in [3.63, 3.8) is 0 Å². The third kappa shape index (κ3) is 4.74. The van der Waals surface area contributed by atoms with E-state index in [9.17, 15) is 13.9 Å². The van der Waals surface area contributed by atoms with Crippen LogP contribution in [-0.4, -0.2) is 32.0 Å². The van der Waals surface area contributed by atoms with Crippen LogP contribution in [0.1, 0.15) is 26.7 Å². The quantitative estimate of drug-likeness (QED) is 0.733. The summed E-state index contributed by atoms with van der Waals surface area (Å²) in [5, 5.41) is 12.6. The van der Waals surface area contributed by atoms with E-state index in [2.05, 4.69) is 10.1 Å². The Labute approximate surface area is 124 Å². The van der Waals surface area contributed by atoms with Crippen LogP contribution in [0.25, 0.3) is 0 Å². The summed E-state index contributed by atoms with van der Waals surface area (Å²) < 4.78 is 34.5. The number of nitrogens with one attached hydrogen (secondary N) is 1. The van der Waals surface area contributed by atoms with Crippen molar-refractivity contribution in [3.8, 4) is 11.5 Å². The summed E-state index contributed by atoms with van der Waals surface area (Å²) >= 11 is 0. The van der Waals surface area contributed by atoms with E-state index in [1.165, 1.54) is 13.2 Å². The normalized spacial score (nSPS) is 11.6. The fourth-order valence-electron chi connectivity index (χ4n) is 2.04. The monoisotopic (exact) mass is 303 g/mol. The highest BCUT2D eigenvalue weighted by molar-refractivity contribution is 5.60. The first-order chi connectivity index (χ1) is 10.00. The lowest BCUT2D eigenvalue weighted by Gasteiger charge is -2.30. The Kier molecular flexibility index (Phi) is 6.68. The molecule has 0 bridgehead atoms. The molecule has 21 heavy (non-hydrogen) atoms. The maximum absolute atomic E-state index is 12.4. The van der Waals surface area contributed by atoms with Gasteiger partial charge in [-0.3, -0.25) is 0 Å². The maximum atomic E-state index is 12.4. The van der Waals surface area contributed by atoms with E-state index in [0.29, 0.717) is 18.0 Å². The molecule has 0 atom stereocenters. The first-order valence-electron chi connectivity index (χ1n) is 6.97. The van der Waals surface area contributed by atoms with Gasteiger partial charge in [-0.15, -0.1) is 0 Å². The highest BCUT2D eigenvalue weighted by Gasteiger charge is 2.25. The molecular formula is C15H23F2NO3. The molecule has 6 heteroatoms. The van der Waals surface area contributed by atoms with E-state index in [0.717, 1.165) is 12.8 Å². The number of methoxy groups -OCH3 is 1. The van der Waals surface area contributed by atoms with Crippen LogP contribution in [0.2, 0.25) is 0 Å². The first-order valence-corrected chi connectivity index (χ1v) is 6.97. The van der Waals surface area contributed by atoms with Gasteiger partial charge in [0.05, 0.1) is 19.4 Å². The molecule has 0 saturated heterocycles. The molecule has 0 aliphatic rings. The number of rotatable bonds is 9. The van der Waals surface area contributed by atoms with Crippen molar-refractivity contribution in [2.45, 2.75) is 33.3 Å². The minimum Gasteiger partial charge on any atom is -0.497 e. The summed E-state index contributed by atoms with van der Waals surface area (Å²) in [5.74, 6) is 0.603. The van der Waals surface area contributed by atoms with Crippen molar-refractivity contribution >= 4 is 5.69 Å². The lowest BCUT2D eigenvalue weighted by molar-refractivity contribution is -0.0494. The second kappa shape index (κ2) is 8.02. The van der Waals surface area contributed by atoms with Crippen LogP contribution in [0.3, 0.4) is 0 Å². The van der Waals surface area contributed by atoms with E-state index < -0.39 is 6.61 Å². The standard InChI is InChI=1S/C15H23F2NO3/c1-4-15(5-2,10-19)9-18-12-8-11(20-3)6-7-13(12)21-14(16)17/h6-8,14,18-19H,4-5,9-10H2,1-3H3. The molecular weight excluding hydrogens is 280 g/mol. The predicted octanol–water partition coefficient (Wildman–Crippen LogP) is 3.51. The number of alkyl halides is 2. The van der Waals surface area contributed by atoms with Crippen LogP contribution in [0.15, 0.2) is 18.2 Å². The number of hydrogen-bond donors (Lipinski definition) is 2. The number of benzene rings is 1. The minimum atomic E-state index is -2.89. The van der Waals surface area contributed by atoms with E-state index in [-0.39, 0.29) is 17.8 Å². The van der Waals surface area contributed by atoms with Gasteiger partial charge in [-0.2, -0.15) is 8.78 Å². The molecule has 120 valence electrons. The van der Waals surface area contributed by atoms with E-state index in [4.69, 9.17) is 4.74 Å². The van der Waals surface area contributed by atoms with Crippen LogP contribution in [0, 0.1) is 5.41 Å². The van der Waals surface area contributed by atoms with Crippen molar-refractivity contribution in [2.75, 3.05) is 25.6 Å². The van der Waals surface area contributed by atoms with Crippen molar-refractivity contribution in [1.82, 2.24) is 0 Å². The molecule has 0 aliphatic carbocycles. The van der Waals surface area contributed by atoms with Gasteiger partial charge in [0.1, 0.15) is 11.5 Å². The lowest BCUT2D eigenvalue weighted by atomic mass is 9.83. The molecule has 0 aromatic heterocycles. The van der Waals surface area contributed by atoms with Crippen LogP contribution in [0.5, 0.6) is 11.5 Å². The molecule has 1 aromatic carbocycles. The van der Waals surface area contributed by atoms with Gasteiger partial charge in [-0.25, -0.2) is 0 Å². The zero-order valence-electron chi connectivity index (χ0n) is 12.7. The zero-order chi connectivity index (χ0) is 15.9. The molecule has 1 rings (SSSR count). The Bertz CT molecular complexity index is 429. The number of anilines is 1. The van der Waals surface area contributed by atoms with Gasteiger partial charge in [-0.1, -0.05) is 13.8 Å².